The molecular formula is C17H19F2N3O3S2. The number of nitrogens with one attached hydrogen (secondary N) is 1. The third-order valence-corrected chi connectivity index (χ3v) is 6.93. The van der Waals surface area contributed by atoms with Gasteiger partial charge in [0.05, 0.1) is 11.4 Å². The molecule has 27 heavy (non-hydrogen) atoms. The number of anilines is 1. The van der Waals surface area contributed by atoms with Crippen molar-refractivity contribution in [3.63, 3.8) is 0 Å². The van der Waals surface area contributed by atoms with Gasteiger partial charge in [-0.1, -0.05) is 0 Å². The van der Waals surface area contributed by atoms with E-state index in [-0.39, 0.29) is 40.9 Å². The van der Waals surface area contributed by atoms with Crippen LogP contribution in [0.15, 0.2) is 23.6 Å². The first-order chi connectivity index (χ1) is 12.8. The zero-order valence-corrected chi connectivity index (χ0v) is 16.1. The minimum Gasteiger partial charge on any atom is -0.302 e. The maximum absolute atomic E-state index is 13.8. The lowest BCUT2D eigenvalue weighted by atomic mass is 10.1. The summed E-state index contributed by atoms with van der Waals surface area (Å²) in [6.45, 7) is 1.10. The van der Waals surface area contributed by atoms with Crippen molar-refractivity contribution in [3.05, 3.63) is 35.2 Å². The van der Waals surface area contributed by atoms with Gasteiger partial charge in [0.1, 0.15) is 11.6 Å². The van der Waals surface area contributed by atoms with Crippen LogP contribution in [0, 0.1) is 11.6 Å². The van der Waals surface area contributed by atoms with Crippen molar-refractivity contribution in [3.8, 4) is 11.3 Å². The number of hydrogen-bond donors (Lipinski definition) is 1. The average Bonchev–Trinajstić information content (AvgIpc) is 3.29. The standard InChI is InChI=1S/C17H19F2N3O3S2/c18-12-5-6-14(19)13(10-12)15-11-26-17(20-15)21-16(23)4-3-9-27(24,25)22-7-1-2-8-22/h5-6,10-11H,1-4,7-9H2,(H,20,21,23). The summed E-state index contributed by atoms with van der Waals surface area (Å²) in [6, 6.07) is 3.08. The van der Waals surface area contributed by atoms with Crippen molar-refractivity contribution in [2.24, 2.45) is 0 Å². The highest BCUT2D eigenvalue weighted by Crippen LogP contribution is 2.27. The average molecular weight is 415 g/mol. The fraction of sp³-hybridized carbons (Fsp3) is 0.412. The summed E-state index contributed by atoms with van der Waals surface area (Å²) in [5.41, 5.74) is 0.243. The molecule has 1 aliphatic rings. The Morgan fingerprint density at radius 2 is 2.00 bits per heavy atom. The molecule has 0 unspecified atom stereocenters. The maximum Gasteiger partial charge on any atom is 0.226 e. The lowest BCUT2D eigenvalue weighted by molar-refractivity contribution is -0.116. The lowest BCUT2D eigenvalue weighted by Crippen LogP contribution is -2.30. The van der Waals surface area contributed by atoms with Crippen LogP contribution in [-0.2, 0) is 14.8 Å². The van der Waals surface area contributed by atoms with Crippen molar-refractivity contribution in [1.29, 1.82) is 0 Å². The Morgan fingerprint density at radius 1 is 1.26 bits per heavy atom. The van der Waals surface area contributed by atoms with E-state index in [9.17, 15) is 22.0 Å². The summed E-state index contributed by atoms with van der Waals surface area (Å²) in [5, 5.41) is 4.34. The molecule has 0 atom stereocenters. The fourth-order valence-corrected chi connectivity index (χ4v) is 5.15. The molecule has 3 rings (SSSR count). The van der Waals surface area contributed by atoms with E-state index in [4.69, 9.17) is 0 Å². The number of benzene rings is 1. The molecule has 1 fully saturated rings. The van der Waals surface area contributed by atoms with Gasteiger partial charge in [-0.05, 0) is 37.5 Å². The first-order valence-corrected chi connectivity index (χ1v) is 11.0. The molecule has 0 bridgehead atoms. The van der Waals surface area contributed by atoms with Gasteiger partial charge < -0.3 is 5.32 Å². The van der Waals surface area contributed by atoms with Gasteiger partial charge in [0, 0.05) is 30.5 Å². The van der Waals surface area contributed by atoms with Crippen LogP contribution in [-0.4, -0.2) is 42.5 Å². The molecule has 0 saturated carbocycles. The van der Waals surface area contributed by atoms with E-state index in [1.165, 1.54) is 9.69 Å². The third-order valence-electron chi connectivity index (χ3n) is 4.22. The number of carbonyl (C=O) groups excluding carboxylic acids is 1. The Bertz CT molecular complexity index is 925. The third kappa shape index (κ3) is 5.08. The summed E-state index contributed by atoms with van der Waals surface area (Å²) < 4.78 is 52.8. The van der Waals surface area contributed by atoms with Crippen LogP contribution < -0.4 is 5.32 Å². The summed E-state index contributed by atoms with van der Waals surface area (Å²) in [5.74, 6) is -1.62. The Balaban J connectivity index is 1.53. The summed E-state index contributed by atoms with van der Waals surface area (Å²) >= 11 is 1.09. The van der Waals surface area contributed by atoms with E-state index in [2.05, 4.69) is 10.3 Å². The molecule has 2 heterocycles. The molecule has 0 aliphatic carbocycles. The lowest BCUT2D eigenvalue weighted by Gasteiger charge is -2.14. The van der Waals surface area contributed by atoms with Crippen LogP contribution in [0.3, 0.4) is 0 Å². The number of amides is 1. The van der Waals surface area contributed by atoms with Crippen LogP contribution >= 0.6 is 11.3 Å². The molecule has 1 aromatic heterocycles. The molecule has 0 spiro atoms. The van der Waals surface area contributed by atoms with Gasteiger partial charge in [0.25, 0.3) is 0 Å². The second-order valence-electron chi connectivity index (χ2n) is 6.24. The van der Waals surface area contributed by atoms with Crippen molar-refractivity contribution in [1.82, 2.24) is 9.29 Å². The Morgan fingerprint density at radius 3 is 2.74 bits per heavy atom. The Labute approximate surface area is 160 Å². The highest BCUT2D eigenvalue weighted by Gasteiger charge is 2.25. The van der Waals surface area contributed by atoms with Crippen molar-refractivity contribution in [2.45, 2.75) is 25.7 Å². The van der Waals surface area contributed by atoms with Gasteiger partial charge in [-0.15, -0.1) is 11.3 Å². The SMILES string of the molecule is O=C(CCCS(=O)(=O)N1CCCC1)Nc1nc(-c2cc(F)ccc2F)cs1. The topological polar surface area (TPSA) is 79.4 Å². The molecular weight excluding hydrogens is 396 g/mol. The van der Waals surface area contributed by atoms with Gasteiger partial charge >= 0.3 is 0 Å². The number of sulfonamides is 1. The van der Waals surface area contributed by atoms with Gasteiger partial charge in [-0.2, -0.15) is 0 Å². The number of halogens is 2. The van der Waals surface area contributed by atoms with Crippen LogP contribution in [0.1, 0.15) is 25.7 Å². The number of rotatable bonds is 7. The molecule has 10 heteroatoms. The van der Waals surface area contributed by atoms with Gasteiger partial charge in [-0.3, -0.25) is 4.79 Å². The van der Waals surface area contributed by atoms with Crippen LogP contribution in [0.5, 0.6) is 0 Å². The molecule has 1 N–H and O–H groups in total. The molecule has 0 radical (unpaired) electrons. The largest absolute Gasteiger partial charge is 0.302 e. The van der Waals surface area contributed by atoms with Crippen molar-refractivity contribution < 1.29 is 22.0 Å². The summed E-state index contributed by atoms with van der Waals surface area (Å²) in [6.07, 6.45) is 1.99. The summed E-state index contributed by atoms with van der Waals surface area (Å²) in [4.78, 5) is 16.1. The predicted molar refractivity (Wildman–Crippen MR) is 99.9 cm³/mol. The molecule has 146 valence electrons. The second-order valence-corrected chi connectivity index (χ2v) is 9.18. The fourth-order valence-electron chi connectivity index (χ4n) is 2.84. The molecule has 2 aromatic rings. The second kappa shape index (κ2) is 8.41. The minimum atomic E-state index is -3.31. The highest BCUT2D eigenvalue weighted by atomic mass is 32.2. The molecule has 1 amide bonds. The monoisotopic (exact) mass is 415 g/mol. The maximum atomic E-state index is 13.8. The zero-order chi connectivity index (χ0) is 19.4. The van der Waals surface area contributed by atoms with E-state index in [0.717, 1.165) is 42.4 Å². The zero-order valence-electron chi connectivity index (χ0n) is 14.5. The molecule has 6 nitrogen and oxygen atoms in total. The van der Waals surface area contributed by atoms with E-state index in [1.807, 2.05) is 0 Å². The number of hydrogen-bond acceptors (Lipinski definition) is 5. The van der Waals surface area contributed by atoms with Crippen LogP contribution in [0.4, 0.5) is 13.9 Å². The van der Waals surface area contributed by atoms with E-state index >= 15 is 0 Å². The molecule has 1 aliphatic heterocycles. The van der Waals surface area contributed by atoms with Crippen LogP contribution in [0.2, 0.25) is 0 Å². The quantitative estimate of drug-likeness (QED) is 0.753. The van der Waals surface area contributed by atoms with Crippen molar-refractivity contribution >= 4 is 32.4 Å². The highest BCUT2D eigenvalue weighted by molar-refractivity contribution is 7.89. The first-order valence-electron chi connectivity index (χ1n) is 8.54. The molecule has 1 saturated heterocycles. The Kier molecular flexibility index (Phi) is 6.18. The predicted octanol–water partition coefficient (Wildman–Crippen LogP) is 3.23. The smallest absolute Gasteiger partial charge is 0.226 e. The number of aromatic nitrogens is 1. The normalized spacial score (nSPS) is 15.2. The van der Waals surface area contributed by atoms with Gasteiger partial charge in [0.15, 0.2) is 5.13 Å². The van der Waals surface area contributed by atoms with E-state index in [1.54, 1.807) is 0 Å². The molecule has 1 aromatic carbocycles. The van der Waals surface area contributed by atoms with Gasteiger partial charge in [-0.25, -0.2) is 26.5 Å². The minimum absolute atomic E-state index is 0.0171. The number of thiazole rings is 1. The van der Waals surface area contributed by atoms with Crippen LogP contribution in [0.25, 0.3) is 11.3 Å². The number of carbonyl (C=O) groups is 1. The van der Waals surface area contributed by atoms with E-state index < -0.39 is 21.7 Å². The Hall–Kier alpha value is -1.91. The number of nitrogens with zero attached hydrogens (tertiary/aromatic N) is 2. The van der Waals surface area contributed by atoms with E-state index in [0.29, 0.717) is 13.1 Å². The summed E-state index contributed by atoms with van der Waals surface area (Å²) in [7, 11) is -3.31. The van der Waals surface area contributed by atoms with Gasteiger partial charge in [0.2, 0.25) is 15.9 Å². The van der Waals surface area contributed by atoms with Crippen molar-refractivity contribution in [2.75, 3.05) is 24.2 Å². The first kappa shape index (κ1) is 19.8.